The minimum atomic E-state index is -0.117. The van der Waals surface area contributed by atoms with Gasteiger partial charge in [-0.05, 0) is 56.1 Å². The molecule has 0 radical (unpaired) electrons. The first-order chi connectivity index (χ1) is 15.1. The highest BCUT2D eigenvalue weighted by Gasteiger charge is 2.37. The molecule has 6 nitrogen and oxygen atoms in total. The largest absolute Gasteiger partial charge is 0.483 e. The SMILES string of the molecule is O=C1COc2ccccc2C/C=C/C[C@@]2(CCCN(C(=O)CC3CCOCC3)C2)CN1. The molecule has 3 aliphatic rings. The van der Waals surface area contributed by atoms with Gasteiger partial charge in [-0.2, -0.15) is 0 Å². The highest BCUT2D eigenvalue weighted by atomic mass is 16.5. The van der Waals surface area contributed by atoms with E-state index in [0.717, 1.165) is 69.6 Å². The lowest BCUT2D eigenvalue weighted by molar-refractivity contribution is -0.136. The van der Waals surface area contributed by atoms with Crippen LogP contribution < -0.4 is 10.1 Å². The van der Waals surface area contributed by atoms with Crippen LogP contribution in [0.25, 0.3) is 0 Å². The van der Waals surface area contributed by atoms with Gasteiger partial charge in [0.05, 0.1) is 0 Å². The van der Waals surface area contributed by atoms with Crippen LogP contribution in [0.5, 0.6) is 5.75 Å². The molecule has 0 aliphatic carbocycles. The number of piperidine rings is 1. The first-order valence-corrected chi connectivity index (χ1v) is 11.6. The molecule has 1 atom stereocenters. The monoisotopic (exact) mass is 426 g/mol. The number of likely N-dealkylation sites (tertiary alicyclic amines) is 1. The average molecular weight is 427 g/mol. The Morgan fingerprint density at radius 3 is 2.90 bits per heavy atom. The number of fused-ring (bicyclic) bond motifs is 1. The van der Waals surface area contributed by atoms with Gasteiger partial charge in [-0.15, -0.1) is 0 Å². The highest BCUT2D eigenvalue weighted by molar-refractivity contribution is 5.78. The van der Waals surface area contributed by atoms with Crippen molar-refractivity contribution in [2.24, 2.45) is 11.3 Å². The van der Waals surface area contributed by atoms with Crippen LogP contribution in [-0.4, -0.2) is 56.2 Å². The third-order valence-electron chi connectivity index (χ3n) is 6.87. The number of ether oxygens (including phenoxy) is 2. The molecule has 0 bridgehead atoms. The molecule has 6 heteroatoms. The lowest BCUT2D eigenvalue weighted by Crippen LogP contribution is -2.51. The lowest BCUT2D eigenvalue weighted by atomic mass is 9.76. The van der Waals surface area contributed by atoms with E-state index in [1.54, 1.807) is 0 Å². The Kier molecular flexibility index (Phi) is 7.28. The number of para-hydroxylation sites is 1. The van der Waals surface area contributed by atoms with Gasteiger partial charge in [-0.25, -0.2) is 0 Å². The second-order valence-corrected chi connectivity index (χ2v) is 9.23. The number of carbonyl (C=O) groups is 2. The maximum Gasteiger partial charge on any atom is 0.257 e. The molecule has 0 saturated carbocycles. The molecule has 0 aromatic heterocycles. The van der Waals surface area contributed by atoms with E-state index < -0.39 is 0 Å². The summed E-state index contributed by atoms with van der Waals surface area (Å²) < 4.78 is 11.2. The van der Waals surface area contributed by atoms with E-state index in [4.69, 9.17) is 9.47 Å². The Hall–Kier alpha value is -2.34. The Labute approximate surface area is 185 Å². The molecule has 1 aromatic rings. The molecule has 168 valence electrons. The van der Waals surface area contributed by atoms with Gasteiger partial charge in [0.15, 0.2) is 6.61 Å². The zero-order chi connectivity index (χ0) is 21.5. The number of amides is 2. The summed E-state index contributed by atoms with van der Waals surface area (Å²) in [5.74, 6) is 1.35. The third kappa shape index (κ3) is 5.88. The lowest BCUT2D eigenvalue weighted by Gasteiger charge is -2.43. The van der Waals surface area contributed by atoms with Gasteiger partial charge < -0.3 is 19.7 Å². The minimum absolute atomic E-state index is 0.0171. The number of allylic oxidation sites excluding steroid dienone is 2. The van der Waals surface area contributed by atoms with Crippen molar-refractivity contribution in [1.29, 1.82) is 0 Å². The highest BCUT2D eigenvalue weighted by Crippen LogP contribution is 2.35. The normalized spacial score (nSPS) is 26.7. The van der Waals surface area contributed by atoms with E-state index in [-0.39, 0.29) is 23.8 Å². The summed E-state index contributed by atoms with van der Waals surface area (Å²) in [6.45, 7) is 3.65. The smallest absolute Gasteiger partial charge is 0.257 e. The quantitative estimate of drug-likeness (QED) is 0.738. The summed E-state index contributed by atoms with van der Waals surface area (Å²) in [5.41, 5.74) is 0.965. The second kappa shape index (κ2) is 10.3. The molecule has 2 saturated heterocycles. The van der Waals surface area contributed by atoms with E-state index in [2.05, 4.69) is 17.5 Å². The predicted molar refractivity (Wildman–Crippen MR) is 119 cm³/mol. The predicted octanol–water partition coefficient (Wildman–Crippen LogP) is 3.11. The fourth-order valence-corrected chi connectivity index (χ4v) is 4.97. The molecule has 1 aromatic carbocycles. The van der Waals surface area contributed by atoms with Crippen LogP contribution in [0.2, 0.25) is 0 Å². The van der Waals surface area contributed by atoms with Crippen LogP contribution in [0.3, 0.4) is 0 Å². The summed E-state index contributed by atoms with van der Waals surface area (Å²) >= 11 is 0. The van der Waals surface area contributed by atoms with Gasteiger partial charge in [0.25, 0.3) is 5.91 Å². The first kappa shape index (κ1) is 21.9. The topological polar surface area (TPSA) is 67.9 Å². The van der Waals surface area contributed by atoms with Crippen molar-refractivity contribution in [1.82, 2.24) is 10.2 Å². The van der Waals surface area contributed by atoms with Gasteiger partial charge in [0.2, 0.25) is 5.91 Å². The fraction of sp³-hybridized carbons (Fsp3) is 0.600. The van der Waals surface area contributed by atoms with E-state index in [9.17, 15) is 9.59 Å². The van der Waals surface area contributed by atoms with Crippen molar-refractivity contribution in [2.45, 2.75) is 44.9 Å². The molecule has 0 unspecified atom stereocenters. The van der Waals surface area contributed by atoms with E-state index in [0.29, 0.717) is 25.4 Å². The minimum Gasteiger partial charge on any atom is -0.483 e. The first-order valence-electron chi connectivity index (χ1n) is 11.6. The maximum atomic E-state index is 13.0. The molecular formula is C25H34N2O4. The standard InChI is InChI=1S/C25H34N2O4/c28-23-17-31-22-8-2-1-6-21(22)7-3-4-11-25(18-26-23)12-5-13-27(19-25)24(29)16-20-9-14-30-15-10-20/h1-4,6,8,20H,5,7,9-19H2,(H,26,28)/b4-3+/t25-/m1/s1. The van der Waals surface area contributed by atoms with Gasteiger partial charge in [-0.3, -0.25) is 9.59 Å². The Morgan fingerprint density at radius 2 is 2.03 bits per heavy atom. The van der Waals surface area contributed by atoms with Crippen LogP contribution in [-0.2, 0) is 20.7 Å². The Morgan fingerprint density at radius 1 is 1.19 bits per heavy atom. The number of nitrogens with one attached hydrogen (secondary N) is 1. The second-order valence-electron chi connectivity index (χ2n) is 9.23. The van der Waals surface area contributed by atoms with Gasteiger partial charge in [-0.1, -0.05) is 30.4 Å². The third-order valence-corrected chi connectivity index (χ3v) is 6.87. The number of hydrogen-bond donors (Lipinski definition) is 1. The molecule has 2 fully saturated rings. The average Bonchev–Trinajstić information content (AvgIpc) is 2.80. The number of nitrogens with zero attached hydrogens (tertiary/aromatic N) is 1. The van der Waals surface area contributed by atoms with Gasteiger partial charge >= 0.3 is 0 Å². The van der Waals surface area contributed by atoms with Crippen molar-refractivity contribution >= 4 is 11.8 Å². The summed E-state index contributed by atoms with van der Waals surface area (Å²) in [6, 6.07) is 7.87. The number of carbonyl (C=O) groups excluding carboxylic acids is 2. The van der Waals surface area contributed by atoms with E-state index in [1.807, 2.05) is 29.2 Å². The molecule has 1 spiro atoms. The number of rotatable bonds is 2. The zero-order valence-electron chi connectivity index (χ0n) is 18.3. The molecule has 3 aliphatic heterocycles. The van der Waals surface area contributed by atoms with Crippen LogP contribution in [0.4, 0.5) is 0 Å². The number of hydrogen-bond acceptors (Lipinski definition) is 4. The van der Waals surface area contributed by atoms with Crippen LogP contribution in [0, 0.1) is 11.3 Å². The molecular weight excluding hydrogens is 392 g/mol. The van der Waals surface area contributed by atoms with Crippen LogP contribution in [0.15, 0.2) is 36.4 Å². The van der Waals surface area contributed by atoms with E-state index in [1.165, 1.54) is 0 Å². The van der Waals surface area contributed by atoms with Crippen molar-refractivity contribution in [3.05, 3.63) is 42.0 Å². The summed E-state index contributed by atoms with van der Waals surface area (Å²) in [6.07, 6.45) is 10.6. The van der Waals surface area contributed by atoms with Gasteiger partial charge in [0.1, 0.15) is 5.75 Å². The molecule has 1 N–H and O–H groups in total. The number of benzene rings is 1. The fourth-order valence-electron chi connectivity index (χ4n) is 4.97. The van der Waals surface area contributed by atoms with Crippen molar-refractivity contribution < 1.29 is 19.1 Å². The maximum absolute atomic E-state index is 13.0. The van der Waals surface area contributed by atoms with Gasteiger partial charge in [0, 0.05) is 44.7 Å². The molecule has 4 rings (SSSR count). The van der Waals surface area contributed by atoms with Crippen LogP contribution >= 0.6 is 0 Å². The molecule has 3 heterocycles. The molecule has 2 amide bonds. The zero-order valence-corrected chi connectivity index (χ0v) is 18.3. The van der Waals surface area contributed by atoms with E-state index >= 15 is 0 Å². The molecule has 31 heavy (non-hydrogen) atoms. The van der Waals surface area contributed by atoms with Crippen molar-refractivity contribution in [3.8, 4) is 5.75 Å². The summed E-state index contributed by atoms with van der Waals surface area (Å²) in [5, 5.41) is 3.08. The van der Waals surface area contributed by atoms with Crippen molar-refractivity contribution in [2.75, 3.05) is 39.5 Å². The van der Waals surface area contributed by atoms with Crippen molar-refractivity contribution in [3.63, 3.8) is 0 Å². The Balaban J connectivity index is 1.44. The summed E-state index contributed by atoms with van der Waals surface area (Å²) in [4.78, 5) is 27.5. The Bertz CT molecular complexity index is 802. The summed E-state index contributed by atoms with van der Waals surface area (Å²) in [7, 11) is 0. The van der Waals surface area contributed by atoms with Crippen LogP contribution in [0.1, 0.15) is 44.1 Å².